The van der Waals surface area contributed by atoms with Gasteiger partial charge >= 0.3 is 0 Å². The molecule has 5 aromatic carbocycles. The quantitative estimate of drug-likeness (QED) is 0.209. The van der Waals surface area contributed by atoms with Crippen LogP contribution < -0.4 is 4.90 Å². The largest absolute Gasteiger partial charge is 0.456 e. The SMILES string of the molecule is C1=CCCC(N(c2ccc3c(c2)oc2cc(-c4ccccc4)c4ccccc4c23)C2CC=Cc3sc4ccccc4c32)=C1. The highest BCUT2D eigenvalue weighted by molar-refractivity contribution is 7.20. The molecule has 1 atom stereocenters. The highest BCUT2D eigenvalue weighted by Crippen LogP contribution is 2.47. The molecule has 0 N–H and O–H groups in total. The van der Waals surface area contributed by atoms with E-state index in [4.69, 9.17) is 4.42 Å². The lowest BCUT2D eigenvalue weighted by Crippen LogP contribution is -2.29. The van der Waals surface area contributed by atoms with Crippen molar-refractivity contribution >= 4 is 65.9 Å². The maximum atomic E-state index is 6.74. The van der Waals surface area contributed by atoms with E-state index >= 15 is 0 Å². The molecule has 0 bridgehead atoms. The fourth-order valence-corrected chi connectivity index (χ4v) is 8.37. The van der Waals surface area contributed by atoms with Crippen molar-refractivity contribution in [3.63, 3.8) is 0 Å². The molecule has 2 heterocycles. The molecule has 0 fully saturated rings. The molecule has 43 heavy (non-hydrogen) atoms. The lowest BCUT2D eigenvalue weighted by atomic mass is 9.92. The van der Waals surface area contributed by atoms with Gasteiger partial charge < -0.3 is 9.32 Å². The van der Waals surface area contributed by atoms with Gasteiger partial charge in [0, 0.05) is 43.4 Å². The monoisotopic (exact) mass is 571 g/mol. The number of fused-ring (bicyclic) bond motifs is 8. The third-order valence-electron chi connectivity index (χ3n) is 9.06. The van der Waals surface area contributed by atoms with Crippen LogP contribution in [0.5, 0.6) is 0 Å². The fraction of sp³-hybridized carbons (Fsp3) is 0.100. The maximum absolute atomic E-state index is 6.74. The Balaban J connectivity index is 1.26. The number of hydrogen-bond acceptors (Lipinski definition) is 3. The van der Waals surface area contributed by atoms with Gasteiger partial charge in [-0.3, -0.25) is 0 Å². The van der Waals surface area contributed by atoms with Gasteiger partial charge in [0.25, 0.3) is 0 Å². The normalized spacial score (nSPS) is 16.3. The molecule has 9 rings (SSSR count). The second-order valence-corrected chi connectivity index (χ2v) is 12.6. The zero-order valence-corrected chi connectivity index (χ0v) is 24.5. The molecular formula is C40H29NOS. The predicted octanol–water partition coefficient (Wildman–Crippen LogP) is 11.8. The first-order chi connectivity index (χ1) is 21.3. The first kappa shape index (κ1) is 24.7. The van der Waals surface area contributed by atoms with E-state index in [0.717, 1.165) is 35.8 Å². The summed E-state index contributed by atoms with van der Waals surface area (Å²) in [4.78, 5) is 3.96. The summed E-state index contributed by atoms with van der Waals surface area (Å²) in [5.41, 5.74) is 8.26. The van der Waals surface area contributed by atoms with Crippen LogP contribution in [-0.4, -0.2) is 0 Å². The molecule has 2 nitrogen and oxygen atoms in total. The van der Waals surface area contributed by atoms with E-state index in [0.29, 0.717) is 0 Å². The molecule has 2 aliphatic rings. The Bertz CT molecular complexity index is 2280. The van der Waals surface area contributed by atoms with E-state index in [1.54, 1.807) is 0 Å². The molecule has 0 spiro atoms. The number of nitrogens with zero attached hydrogens (tertiary/aromatic N) is 1. The number of allylic oxidation sites excluding steroid dienone is 4. The molecule has 1 unspecified atom stereocenters. The third kappa shape index (κ3) is 3.92. The van der Waals surface area contributed by atoms with Crippen molar-refractivity contribution in [2.45, 2.75) is 25.3 Å². The maximum Gasteiger partial charge on any atom is 0.137 e. The van der Waals surface area contributed by atoms with Gasteiger partial charge in [-0.25, -0.2) is 0 Å². The molecule has 206 valence electrons. The average molecular weight is 572 g/mol. The molecular weight excluding hydrogens is 543 g/mol. The second kappa shape index (κ2) is 9.86. The smallest absolute Gasteiger partial charge is 0.137 e. The first-order valence-corrected chi connectivity index (χ1v) is 15.9. The van der Waals surface area contributed by atoms with Crippen molar-refractivity contribution in [1.82, 2.24) is 0 Å². The van der Waals surface area contributed by atoms with Crippen LogP contribution in [0, 0.1) is 0 Å². The van der Waals surface area contributed by atoms with Gasteiger partial charge in [0.15, 0.2) is 0 Å². The number of benzene rings is 5. The van der Waals surface area contributed by atoms with Crippen molar-refractivity contribution in [2.24, 2.45) is 0 Å². The van der Waals surface area contributed by atoms with Gasteiger partial charge in [0.2, 0.25) is 0 Å². The van der Waals surface area contributed by atoms with Crippen molar-refractivity contribution in [2.75, 3.05) is 4.90 Å². The minimum atomic E-state index is 0.223. The van der Waals surface area contributed by atoms with Crippen LogP contribution >= 0.6 is 11.3 Å². The van der Waals surface area contributed by atoms with Crippen LogP contribution in [0.15, 0.2) is 138 Å². The van der Waals surface area contributed by atoms with E-state index < -0.39 is 0 Å². The molecule has 0 amide bonds. The standard InChI is InChI=1S/C40H29NOS/c1-3-12-26(13-4-1)33-25-36-39(30-17-8-7-16-29(30)33)31-23-22-28(24-35(31)42-36)41(27-14-5-2-6-15-27)34-19-11-21-38-40(34)32-18-9-10-20-37(32)43-38/h1-5,7-14,16-18,20-25,34H,6,15,19H2. The number of furan rings is 1. The summed E-state index contributed by atoms with van der Waals surface area (Å²) in [6.07, 6.45) is 14.5. The summed E-state index contributed by atoms with van der Waals surface area (Å²) in [6.45, 7) is 0. The summed E-state index contributed by atoms with van der Waals surface area (Å²) in [6, 6.07) is 37.6. The second-order valence-electron chi connectivity index (χ2n) is 11.5. The zero-order valence-electron chi connectivity index (χ0n) is 23.7. The summed E-state index contributed by atoms with van der Waals surface area (Å²) in [7, 11) is 0. The fourth-order valence-electron chi connectivity index (χ4n) is 7.18. The first-order valence-electron chi connectivity index (χ1n) is 15.1. The molecule has 0 saturated heterocycles. The Morgan fingerprint density at radius 1 is 0.721 bits per heavy atom. The average Bonchev–Trinajstić information content (AvgIpc) is 3.64. The summed E-state index contributed by atoms with van der Waals surface area (Å²) in [5, 5.41) is 6.21. The highest BCUT2D eigenvalue weighted by atomic mass is 32.1. The molecule has 0 aliphatic heterocycles. The predicted molar refractivity (Wildman–Crippen MR) is 184 cm³/mol. The number of thiophene rings is 1. The zero-order chi connectivity index (χ0) is 28.3. The van der Waals surface area contributed by atoms with Gasteiger partial charge in [-0.2, -0.15) is 0 Å². The van der Waals surface area contributed by atoms with E-state index in [2.05, 4.69) is 138 Å². The Hall–Kier alpha value is -4.86. The van der Waals surface area contributed by atoms with Crippen molar-refractivity contribution < 1.29 is 4.42 Å². The van der Waals surface area contributed by atoms with E-state index in [9.17, 15) is 0 Å². The molecule has 2 aromatic heterocycles. The molecule has 3 heteroatoms. The Labute approximate surface area is 254 Å². The lowest BCUT2D eigenvalue weighted by Gasteiger charge is -2.37. The summed E-state index contributed by atoms with van der Waals surface area (Å²) < 4.78 is 8.10. The molecule has 0 saturated carbocycles. The van der Waals surface area contributed by atoms with Crippen LogP contribution in [0.2, 0.25) is 0 Å². The molecule has 2 aliphatic carbocycles. The lowest BCUT2D eigenvalue weighted by molar-refractivity contribution is 0.655. The van der Waals surface area contributed by atoms with Crippen LogP contribution in [0.1, 0.15) is 35.7 Å². The van der Waals surface area contributed by atoms with Gasteiger partial charge in [0.1, 0.15) is 11.2 Å². The summed E-state index contributed by atoms with van der Waals surface area (Å²) >= 11 is 1.90. The Kier molecular flexibility index (Phi) is 5.67. The van der Waals surface area contributed by atoms with E-state index in [1.807, 2.05) is 11.3 Å². The van der Waals surface area contributed by atoms with Crippen molar-refractivity contribution in [3.8, 4) is 11.1 Å². The minimum absolute atomic E-state index is 0.223. The van der Waals surface area contributed by atoms with Gasteiger partial charge in [-0.1, -0.05) is 91.0 Å². The number of anilines is 1. The van der Waals surface area contributed by atoms with Crippen LogP contribution in [0.25, 0.3) is 60.0 Å². The number of rotatable bonds is 4. The van der Waals surface area contributed by atoms with Gasteiger partial charge in [-0.05, 0) is 83.0 Å². The van der Waals surface area contributed by atoms with E-state index in [-0.39, 0.29) is 6.04 Å². The Morgan fingerprint density at radius 3 is 2.40 bits per heavy atom. The van der Waals surface area contributed by atoms with Crippen LogP contribution in [0.3, 0.4) is 0 Å². The van der Waals surface area contributed by atoms with Crippen molar-refractivity contribution in [3.05, 3.63) is 144 Å². The number of hydrogen-bond donors (Lipinski definition) is 0. The van der Waals surface area contributed by atoms with Gasteiger partial charge in [0.05, 0.1) is 6.04 Å². The third-order valence-corrected chi connectivity index (χ3v) is 10.2. The topological polar surface area (TPSA) is 16.4 Å². The molecule has 7 aromatic rings. The Morgan fingerprint density at radius 2 is 1.53 bits per heavy atom. The van der Waals surface area contributed by atoms with Crippen LogP contribution in [0.4, 0.5) is 5.69 Å². The van der Waals surface area contributed by atoms with E-state index in [1.165, 1.54) is 59.2 Å². The van der Waals surface area contributed by atoms with Gasteiger partial charge in [-0.15, -0.1) is 11.3 Å². The minimum Gasteiger partial charge on any atom is -0.456 e. The molecule has 0 radical (unpaired) electrons. The van der Waals surface area contributed by atoms with Crippen LogP contribution in [-0.2, 0) is 0 Å². The highest BCUT2D eigenvalue weighted by Gasteiger charge is 2.30. The summed E-state index contributed by atoms with van der Waals surface area (Å²) in [5.74, 6) is 0. The van der Waals surface area contributed by atoms with Crippen molar-refractivity contribution in [1.29, 1.82) is 0 Å².